The van der Waals surface area contributed by atoms with Crippen molar-refractivity contribution in [3.8, 4) is 0 Å². The average molecular weight is 407 g/mol. The minimum Gasteiger partial charge on any atom is -0.466 e. The van der Waals surface area contributed by atoms with Gasteiger partial charge < -0.3 is 4.74 Å². The molecule has 1 fully saturated rings. The molecule has 152 valence electrons. The molecule has 1 aromatic heterocycles. The first-order chi connectivity index (χ1) is 13.5. The van der Waals surface area contributed by atoms with E-state index in [1.165, 1.54) is 10.6 Å². The summed E-state index contributed by atoms with van der Waals surface area (Å²) in [6.45, 7) is 2.83. The fourth-order valence-corrected chi connectivity index (χ4v) is 4.74. The molecular weight excluding hydrogens is 382 g/mol. The van der Waals surface area contributed by atoms with Crippen molar-refractivity contribution in [1.29, 1.82) is 0 Å². The third-order valence-electron chi connectivity index (χ3n) is 4.67. The predicted molar refractivity (Wildman–Crippen MR) is 102 cm³/mol. The fraction of sp³-hybridized carbons (Fsp3) is 0.500. The number of ether oxygens (including phenoxy) is 1. The summed E-state index contributed by atoms with van der Waals surface area (Å²) in [6, 6.07) is 8.80. The van der Waals surface area contributed by atoms with E-state index in [2.05, 4.69) is 14.8 Å². The summed E-state index contributed by atoms with van der Waals surface area (Å²) in [6.07, 6.45) is 4.20. The Morgan fingerprint density at radius 1 is 1.36 bits per heavy atom. The topological polar surface area (TPSA) is 106 Å². The molecule has 9 nitrogen and oxygen atoms in total. The van der Waals surface area contributed by atoms with Crippen LogP contribution in [0.2, 0.25) is 0 Å². The first-order valence-corrected chi connectivity index (χ1v) is 10.7. The van der Waals surface area contributed by atoms with Crippen molar-refractivity contribution in [3.05, 3.63) is 48.5 Å². The summed E-state index contributed by atoms with van der Waals surface area (Å²) >= 11 is 0. The summed E-state index contributed by atoms with van der Waals surface area (Å²) in [5.74, 6) is -0.777. The van der Waals surface area contributed by atoms with E-state index in [0.717, 1.165) is 5.56 Å². The lowest BCUT2D eigenvalue weighted by Crippen LogP contribution is -2.49. The van der Waals surface area contributed by atoms with Crippen molar-refractivity contribution in [2.45, 2.75) is 32.4 Å². The molecule has 3 rings (SSSR count). The number of nitrogens with one attached hydrogen (secondary N) is 1. The van der Waals surface area contributed by atoms with Gasteiger partial charge in [0.1, 0.15) is 12.7 Å². The van der Waals surface area contributed by atoms with Gasteiger partial charge >= 0.3 is 5.97 Å². The molecule has 10 heteroatoms. The Labute approximate surface area is 164 Å². The third-order valence-corrected chi connectivity index (χ3v) is 6.27. The summed E-state index contributed by atoms with van der Waals surface area (Å²) in [5, 5.41) is 4.08. The molecule has 0 amide bonds. The van der Waals surface area contributed by atoms with Gasteiger partial charge in [0.25, 0.3) is 10.2 Å². The highest BCUT2D eigenvalue weighted by Gasteiger charge is 2.34. The number of esters is 1. The van der Waals surface area contributed by atoms with E-state index in [9.17, 15) is 13.2 Å². The van der Waals surface area contributed by atoms with Crippen LogP contribution in [0.4, 0.5) is 0 Å². The highest BCUT2D eigenvalue weighted by Crippen LogP contribution is 2.22. The number of aromatic nitrogens is 3. The van der Waals surface area contributed by atoms with Gasteiger partial charge in [-0.05, 0) is 25.3 Å². The number of nitrogens with zero attached hydrogens (tertiary/aromatic N) is 4. The van der Waals surface area contributed by atoms with Gasteiger partial charge in [-0.3, -0.25) is 9.48 Å². The van der Waals surface area contributed by atoms with E-state index in [-0.39, 0.29) is 19.1 Å². The van der Waals surface area contributed by atoms with Gasteiger partial charge in [0, 0.05) is 13.1 Å². The van der Waals surface area contributed by atoms with Crippen molar-refractivity contribution in [2.75, 3.05) is 19.7 Å². The Morgan fingerprint density at radius 3 is 2.82 bits per heavy atom. The Morgan fingerprint density at radius 2 is 2.14 bits per heavy atom. The number of carbonyl (C=O) groups is 1. The molecule has 2 atom stereocenters. The molecule has 1 saturated heterocycles. The van der Waals surface area contributed by atoms with Crippen molar-refractivity contribution in [3.63, 3.8) is 0 Å². The molecule has 1 aliphatic heterocycles. The van der Waals surface area contributed by atoms with Gasteiger partial charge in [0.2, 0.25) is 0 Å². The van der Waals surface area contributed by atoms with E-state index >= 15 is 0 Å². The van der Waals surface area contributed by atoms with Crippen LogP contribution in [0.1, 0.15) is 31.4 Å². The lowest BCUT2D eigenvalue weighted by molar-refractivity contribution is -0.149. The predicted octanol–water partition coefficient (Wildman–Crippen LogP) is 1.13. The van der Waals surface area contributed by atoms with Crippen LogP contribution in [0.15, 0.2) is 43.0 Å². The van der Waals surface area contributed by atoms with E-state index in [0.29, 0.717) is 25.9 Å². The van der Waals surface area contributed by atoms with Crippen molar-refractivity contribution in [1.82, 2.24) is 23.8 Å². The zero-order chi connectivity index (χ0) is 20.0. The normalized spacial score (nSPS) is 19.2. The van der Waals surface area contributed by atoms with Crippen LogP contribution in [-0.2, 0) is 26.3 Å². The number of piperidine rings is 1. The SMILES string of the molecule is CCOC(=O)C1CCCN(S(=O)(=O)NC(Cn2cncn2)c2ccccc2)C1. The smallest absolute Gasteiger partial charge is 0.310 e. The highest BCUT2D eigenvalue weighted by atomic mass is 32.2. The summed E-state index contributed by atoms with van der Waals surface area (Å²) in [5.41, 5.74) is 0.820. The lowest BCUT2D eigenvalue weighted by Gasteiger charge is -2.32. The maximum absolute atomic E-state index is 13.0. The minimum absolute atomic E-state index is 0.124. The number of benzene rings is 1. The van der Waals surface area contributed by atoms with Crippen LogP contribution in [0, 0.1) is 5.92 Å². The van der Waals surface area contributed by atoms with Crippen LogP contribution in [0.25, 0.3) is 0 Å². The number of hydrogen-bond donors (Lipinski definition) is 1. The third kappa shape index (κ3) is 5.15. The summed E-state index contributed by atoms with van der Waals surface area (Å²) in [4.78, 5) is 16.0. The summed E-state index contributed by atoms with van der Waals surface area (Å²) < 4.78 is 36.8. The Bertz CT molecular complexity index is 857. The lowest BCUT2D eigenvalue weighted by atomic mass is 10.0. The molecule has 1 N–H and O–H groups in total. The highest BCUT2D eigenvalue weighted by molar-refractivity contribution is 7.87. The maximum Gasteiger partial charge on any atom is 0.310 e. The van der Waals surface area contributed by atoms with E-state index < -0.39 is 22.2 Å². The molecule has 28 heavy (non-hydrogen) atoms. The standard InChI is InChI=1S/C18H25N5O4S/c1-2-27-18(24)16-9-6-10-23(11-16)28(25,26)21-17(12-22-14-19-13-20-22)15-7-4-3-5-8-15/h3-5,7-8,13-14,16-17,21H,2,6,9-12H2,1H3. The van der Waals surface area contributed by atoms with E-state index in [1.54, 1.807) is 17.9 Å². The van der Waals surface area contributed by atoms with E-state index in [4.69, 9.17) is 4.74 Å². The van der Waals surface area contributed by atoms with Crippen LogP contribution < -0.4 is 4.72 Å². The van der Waals surface area contributed by atoms with Crippen LogP contribution >= 0.6 is 0 Å². The van der Waals surface area contributed by atoms with Gasteiger partial charge in [-0.2, -0.15) is 22.5 Å². The molecule has 0 spiro atoms. The zero-order valence-electron chi connectivity index (χ0n) is 15.8. The molecule has 0 saturated carbocycles. The number of rotatable bonds is 8. The fourth-order valence-electron chi connectivity index (χ4n) is 3.28. The Hall–Kier alpha value is -2.30. The van der Waals surface area contributed by atoms with Crippen LogP contribution in [-0.4, -0.2) is 53.2 Å². The van der Waals surface area contributed by atoms with Gasteiger partial charge in [-0.25, -0.2) is 4.98 Å². The number of carbonyl (C=O) groups excluding carboxylic acids is 1. The van der Waals surface area contributed by atoms with Crippen molar-refractivity contribution < 1.29 is 17.9 Å². The monoisotopic (exact) mass is 407 g/mol. The van der Waals surface area contributed by atoms with Crippen molar-refractivity contribution >= 4 is 16.2 Å². The second kappa shape index (κ2) is 9.26. The quantitative estimate of drug-likeness (QED) is 0.658. The molecule has 0 bridgehead atoms. The molecule has 2 heterocycles. The summed E-state index contributed by atoms with van der Waals surface area (Å²) in [7, 11) is -3.80. The van der Waals surface area contributed by atoms with E-state index in [1.807, 2.05) is 30.3 Å². The number of hydrogen-bond acceptors (Lipinski definition) is 6. The largest absolute Gasteiger partial charge is 0.466 e. The molecule has 2 unspecified atom stereocenters. The maximum atomic E-state index is 13.0. The van der Waals surface area contributed by atoms with Gasteiger partial charge in [0.05, 0.1) is 25.1 Å². The molecular formula is C18H25N5O4S. The second-order valence-corrected chi connectivity index (χ2v) is 8.36. The van der Waals surface area contributed by atoms with Crippen molar-refractivity contribution in [2.24, 2.45) is 5.92 Å². The van der Waals surface area contributed by atoms with Gasteiger partial charge in [0.15, 0.2) is 0 Å². The first-order valence-electron chi connectivity index (χ1n) is 9.31. The molecule has 1 aromatic carbocycles. The Kier molecular flexibility index (Phi) is 6.76. The molecule has 0 radical (unpaired) electrons. The Balaban J connectivity index is 1.76. The molecule has 0 aliphatic carbocycles. The average Bonchev–Trinajstić information content (AvgIpc) is 3.21. The second-order valence-electron chi connectivity index (χ2n) is 6.65. The van der Waals surface area contributed by atoms with Gasteiger partial charge in [-0.15, -0.1) is 0 Å². The molecule has 1 aliphatic rings. The molecule has 2 aromatic rings. The zero-order valence-corrected chi connectivity index (χ0v) is 16.6. The minimum atomic E-state index is -3.80. The van der Waals surface area contributed by atoms with Gasteiger partial charge in [-0.1, -0.05) is 30.3 Å². The van der Waals surface area contributed by atoms with Crippen LogP contribution in [0.5, 0.6) is 0 Å². The van der Waals surface area contributed by atoms with Crippen LogP contribution in [0.3, 0.4) is 0 Å². The first kappa shape index (κ1) is 20.4.